The molecule has 3 aromatic rings. The lowest BCUT2D eigenvalue weighted by Gasteiger charge is -2.13. The third kappa shape index (κ3) is 2.34. The maximum absolute atomic E-state index is 14.0. The van der Waals surface area contributed by atoms with Crippen LogP contribution in [0.3, 0.4) is 0 Å². The molecule has 2 aromatic heterocycles. The Morgan fingerprint density at radius 2 is 2.04 bits per heavy atom. The molecule has 7 heteroatoms. The summed E-state index contributed by atoms with van der Waals surface area (Å²) in [5, 5.41) is 2.28. The zero-order chi connectivity index (χ0) is 16.8. The number of fused-ring (bicyclic) bond motifs is 3. The van der Waals surface area contributed by atoms with Crippen molar-refractivity contribution in [3.63, 3.8) is 0 Å². The second-order valence-electron chi connectivity index (χ2n) is 6.00. The summed E-state index contributed by atoms with van der Waals surface area (Å²) in [6, 6.07) is 5.23. The topological polar surface area (TPSA) is 50.2 Å². The minimum absolute atomic E-state index is 0.0685. The number of thiol groups is 1. The van der Waals surface area contributed by atoms with Crippen molar-refractivity contribution in [3.05, 3.63) is 68.8 Å². The summed E-state index contributed by atoms with van der Waals surface area (Å²) in [6.45, 7) is 0. The maximum atomic E-state index is 14.0. The van der Waals surface area contributed by atoms with Crippen LogP contribution in [0.2, 0.25) is 0 Å². The molecule has 0 spiro atoms. The van der Waals surface area contributed by atoms with E-state index in [1.165, 1.54) is 22.7 Å². The summed E-state index contributed by atoms with van der Waals surface area (Å²) >= 11 is 4.38. The van der Waals surface area contributed by atoms with Gasteiger partial charge in [-0.3, -0.25) is 9.89 Å². The molecule has 24 heavy (non-hydrogen) atoms. The standard InChI is InChI=1S/C17H15F2N3OS/c18-11-6-3-5-10(15(11)19)16(24)13-8-14(23)22-17(20-13)9-4-1-2-7-12(9)21-22/h3,5-6,8,16,21,24H,1-2,4,7H2. The Kier molecular flexibility index (Phi) is 3.68. The first-order chi connectivity index (χ1) is 11.6. The Morgan fingerprint density at radius 1 is 1.25 bits per heavy atom. The lowest BCUT2D eigenvalue weighted by Crippen LogP contribution is -2.17. The number of aromatic amines is 1. The highest BCUT2D eigenvalue weighted by molar-refractivity contribution is 7.80. The van der Waals surface area contributed by atoms with Crippen molar-refractivity contribution in [2.24, 2.45) is 0 Å². The summed E-state index contributed by atoms with van der Waals surface area (Å²) in [5.41, 5.74) is 2.72. The van der Waals surface area contributed by atoms with Gasteiger partial charge in [0.15, 0.2) is 17.3 Å². The molecule has 0 bridgehead atoms. The van der Waals surface area contributed by atoms with E-state index in [1.54, 1.807) is 0 Å². The van der Waals surface area contributed by atoms with E-state index < -0.39 is 16.9 Å². The molecule has 4 nitrogen and oxygen atoms in total. The van der Waals surface area contributed by atoms with Crippen LogP contribution in [0, 0.1) is 11.6 Å². The third-order valence-electron chi connectivity index (χ3n) is 4.48. The van der Waals surface area contributed by atoms with Gasteiger partial charge in [-0.1, -0.05) is 12.1 Å². The van der Waals surface area contributed by atoms with E-state index in [2.05, 4.69) is 22.7 Å². The summed E-state index contributed by atoms with van der Waals surface area (Å²) in [7, 11) is 0. The number of nitrogens with zero attached hydrogens (tertiary/aromatic N) is 2. The fourth-order valence-electron chi connectivity index (χ4n) is 3.25. The van der Waals surface area contributed by atoms with E-state index >= 15 is 0 Å². The fraction of sp³-hybridized carbons (Fsp3) is 0.294. The minimum Gasteiger partial charge on any atom is -0.293 e. The van der Waals surface area contributed by atoms with Crippen LogP contribution in [0.5, 0.6) is 0 Å². The van der Waals surface area contributed by atoms with E-state index in [0.29, 0.717) is 11.3 Å². The van der Waals surface area contributed by atoms with Gasteiger partial charge in [0.2, 0.25) is 0 Å². The van der Waals surface area contributed by atoms with Crippen molar-refractivity contribution in [2.75, 3.05) is 0 Å². The number of aryl methyl sites for hydroxylation is 2. The Bertz CT molecular complexity index is 995. The molecule has 0 fully saturated rings. The quantitative estimate of drug-likeness (QED) is 0.700. The number of benzene rings is 1. The average molecular weight is 347 g/mol. The molecule has 0 amide bonds. The molecule has 4 rings (SSSR count). The number of halogens is 2. The number of rotatable bonds is 2. The molecule has 0 radical (unpaired) electrons. The Hall–Kier alpha value is -2.15. The molecule has 1 unspecified atom stereocenters. The van der Waals surface area contributed by atoms with Crippen LogP contribution in [0.4, 0.5) is 8.78 Å². The number of nitrogens with one attached hydrogen (secondary N) is 1. The van der Waals surface area contributed by atoms with Gasteiger partial charge in [0.1, 0.15) is 0 Å². The van der Waals surface area contributed by atoms with Gasteiger partial charge in [0.25, 0.3) is 5.56 Å². The molecule has 0 aliphatic heterocycles. The minimum atomic E-state index is -0.962. The summed E-state index contributed by atoms with van der Waals surface area (Å²) in [6.07, 6.45) is 3.86. The molecule has 1 aliphatic rings. The average Bonchev–Trinajstić information content (AvgIpc) is 2.96. The van der Waals surface area contributed by atoms with Crippen molar-refractivity contribution in [1.29, 1.82) is 0 Å². The largest absolute Gasteiger partial charge is 0.293 e. The predicted octanol–water partition coefficient (Wildman–Crippen LogP) is 3.20. The van der Waals surface area contributed by atoms with Gasteiger partial charge in [-0.15, -0.1) is 0 Å². The highest BCUT2D eigenvalue weighted by Crippen LogP contribution is 2.30. The first-order valence-corrected chi connectivity index (χ1v) is 8.33. The Labute approximate surface area is 141 Å². The summed E-state index contributed by atoms with van der Waals surface area (Å²) in [4.78, 5) is 16.9. The van der Waals surface area contributed by atoms with Gasteiger partial charge in [0.05, 0.1) is 10.9 Å². The number of hydrogen-bond donors (Lipinski definition) is 2. The van der Waals surface area contributed by atoms with Crippen LogP contribution in [0.1, 0.15) is 40.6 Å². The van der Waals surface area contributed by atoms with E-state index in [9.17, 15) is 13.6 Å². The molecule has 1 aliphatic carbocycles. The number of aromatic nitrogens is 3. The Balaban J connectivity index is 1.88. The van der Waals surface area contributed by atoms with Gasteiger partial charge in [-0.05, 0) is 31.7 Å². The van der Waals surface area contributed by atoms with Crippen molar-refractivity contribution < 1.29 is 8.78 Å². The maximum Gasteiger partial charge on any atom is 0.272 e. The van der Waals surface area contributed by atoms with Crippen LogP contribution in [-0.2, 0) is 12.8 Å². The lowest BCUT2D eigenvalue weighted by molar-refractivity contribution is 0.500. The van der Waals surface area contributed by atoms with Crippen molar-refractivity contribution in [1.82, 2.24) is 14.6 Å². The SMILES string of the molecule is O=c1cc(C(S)c2cccc(F)c2F)nc2c3c([nH]n12)CCCC3. The van der Waals surface area contributed by atoms with E-state index in [4.69, 9.17) is 0 Å². The molecule has 1 aromatic carbocycles. The molecule has 1 N–H and O–H groups in total. The Morgan fingerprint density at radius 3 is 2.88 bits per heavy atom. The molecular weight excluding hydrogens is 332 g/mol. The van der Waals surface area contributed by atoms with Crippen LogP contribution in [0.25, 0.3) is 5.65 Å². The van der Waals surface area contributed by atoms with Gasteiger partial charge < -0.3 is 0 Å². The molecule has 124 valence electrons. The van der Waals surface area contributed by atoms with Gasteiger partial charge >= 0.3 is 0 Å². The first kappa shape index (κ1) is 15.4. The highest BCUT2D eigenvalue weighted by Gasteiger charge is 2.22. The summed E-state index contributed by atoms with van der Waals surface area (Å²) in [5.74, 6) is -1.90. The van der Waals surface area contributed by atoms with Gasteiger partial charge in [-0.25, -0.2) is 18.3 Å². The molecule has 0 saturated carbocycles. The molecule has 2 heterocycles. The zero-order valence-corrected chi connectivity index (χ0v) is 13.6. The lowest BCUT2D eigenvalue weighted by atomic mass is 9.98. The first-order valence-electron chi connectivity index (χ1n) is 7.81. The van der Waals surface area contributed by atoms with Crippen molar-refractivity contribution in [3.8, 4) is 0 Å². The number of hydrogen-bond acceptors (Lipinski definition) is 3. The third-order valence-corrected chi connectivity index (χ3v) is 5.02. The van der Waals surface area contributed by atoms with Crippen LogP contribution < -0.4 is 5.56 Å². The zero-order valence-electron chi connectivity index (χ0n) is 12.7. The van der Waals surface area contributed by atoms with E-state index in [-0.39, 0.29) is 11.1 Å². The number of H-pyrrole nitrogens is 1. The monoisotopic (exact) mass is 347 g/mol. The smallest absolute Gasteiger partial charge is 0.272 e. The van der Waals surface area contributed by atoms with Crippen LogP contribution >= 0.6 is 12.6 Å². The summed E-state index contributed by atoms with van der Waals surface area (Å²) < 4.78 is 28.9. The van der Waals surface area contributed by atoms with Crippen molar-refractivity contribution >= 4 is 18.3 Å². The van der Waals surface area contributed by atoms with E-state index in [0.717, 1.165) is 43.0 Å². The molecular formula is C17H15F2N3OS. The normalized spacial score (nSPS) is 15.5. The fourth-order valence-corrected chi connectivity index (χ4v) is 3.58. The van der Waals surface area contributed by atoms with Gasteiger partial charge in [-0.2, -0.15) is 12.6 Å². The molecule has 0 saturated heterocycles. The second-order valence-corrected chi connectivity index (χ2v) is 6.52. The van der Waals surface area contributed by atoms with Crippen molar-refractivity contribution in [2.45, 2.75) is 30.9 Å². The highest BCUT2D eigenvalue weighted by atomic mass is 32.1. The van der Waals surface area contributed by atoms with Gasteiger partial charge in [0, 0.05) is 22.9 Å². The van der Waals surface area contributed by atoms with Crippen LogP contribution in [-0.4, -0.2) is 14.6 Å². The molecule has 1 atom stereocenters. The van der Waals surface area contributed by atoms with Crippen LogP contribution in [0.15, 0.2) is 29.1 Å². The second kappa shape index (κ2) is 5.73. The predicted molar refractivity (Wildman–Crippen MR) is 89.6 cm³/mol. The van der Waals surface area contributed by atoms with E-state index in [1.807, 2.05) is 0 Å².